The fraction of sp³-hybridized carbons (Fsp3) is 0.0278. The lowest BCUT2D eigenvalue weighted by atomic mass is 9.96. The molecule has 10 rings (SSSR count). The summed E-state index contributed by atoms with van der Waals surface area (Å²) in [6.45, 7) is 0. The highest BCUT2D eigenvalue weighted by Gasteiger charge is 2.26. The van der Waals surface area contributed by atoms with E-state index in [0.717, 1.165) is 39.4 Å². The van der Waals surface area contributed by atoms with Crippen LogP contribution in [-0.2, 0) is 6.42 Å². The van der Waals surface area contributed by atoms with Crippen LogP contribution in [-0.4, -0.2) is 23.9 Å². The van der Waals surface area contributed by atoms with Gasteiger partial charge in [0.2, 0.25) is 0 Å². The van der Waals surface area contributed by atoms with Crippen molar-refractivity contribution >= 4 is 60.2 Å². The second-order valence-corrected chi connectivity index (χ2v) is 10.9. The first-order valence-electron chi connectivity index (χ1n) is 13.9. The van der Waals surface area contributed by atoms with E-state index in [0.29, 0.717) is 0 Å². The number of rotatable bonds is 1. The zero-order valence-electron chi connectivity index (χ0n) is 21.9. The lowest BCUT2D eigenvalue weighted by molar-refractivity contribution is 1.18. The number of fused-ring (bicyclic) bond motifs is 15. The number of imidazole rings is 1. The van der Waals surface area contributed by atoms with Crippen molar-refractivity contribution in [1.82, 2.24) is 23.9 Å². The van der Waals surface area contributed by atoms with Crippen molar-refractivity contribution in [1.29, 1.82) is 0 Å². The largest absolute Gasteiger partial charge is 0.309 e. The standard InChI is InChI=1S/C36H21N5/c1-2-6-23(7-3-1)40-30-9-5-4-8-24(30)35-32(40)11-10-21-16-22-17-27-26(18-25(22)34(21)35)28-19-37-15-13-31(28)41-33-20-38-14-12-29(33)39-36(27)41/h1-15,17-20H,16H2. The van der Waals surface area contributed by atoms with Gasteiger partial charge in [0, 0.05) is 45.8 Å². The van der Waals surface area contributed by atoms with Crippen LogP contribution in [0.4, 0.5) is 0 Å². The van der Waals surface area contributed by atoms with E-state index in [2.05, 4.69) is 104 Å². The number of pyridine rings is 3. The zero-order valence-corrected chi connectivity index (χ0v) is 21.9. The van der Waals surface area contributed by atoms with Crippen molar-refractivity contribution in [2.24, 2.45) is 0 Å². The number of aromatic nitrogens is 5. The van der Waals surface area contributed by atoms with E-state index in [1.165, 1.54) is 55.1 Å². The smallest absolute Gasteiger partial charge is 0.146 e. The van der Waals surface area contributed by atoms with E-state index < -0.39 is 0 Å². The van der Waals surface area contributed by atoms with Gasteiger partial charge in [-0.15, -0.1) is 0 Å². The summed E-state index contributed by atoms with van der Waals surface area (Å²) in [4.78, 5) is 14.0. The van der Waals surface area contributed by atoms with Crippen molar-refractivity contribution in [3.05, 3.63) is 127 Å². The molecule has 0 aliphatic heterocycles. The van der Waals surface area contributed by atoms with Gasteiger partial charge in [0.1, 0.15) is 5.65 Å². The van der Waals surface area contributed by atoms with Crippen LogP contribution in [0, 0.1) is 0 Å². The molecule has 1 aliphatic carbocycles. The van der Waals surface area contributed by atoms with E-state index in [-0.39, 0.29) is 0 Å². The van der Waals surface area contributed by atoms with Gasteiger partial charge >= 0.3 is 0 Å². The third-order valence-corrected chi connectivity index (χ3v) is 8.86. The van der Waals surface area contributed by atoms with Gasteiger partial charge in [-0.2, -0.15) is 0 Å². The number of hydrogen-bond donors (Lipinski definition) is 0. The lowest BCUT2D eigenvalue weighted by Crippen LogP contribution is -1.94. The Kier molecular flexibility index (Phi) is 3.92. The number of para-hydroxylation sites is 2. The minimum atomic E-state index is 0.903. The molecular weight excluding hydrogens is 502 g/mol. The topological polar surface area (TPSA) is 48.0 Å². The highest BCUT2D eigenvalue weighted by atomic mass is 15.0. The lowest BCUT2D eigenvalue weighted by Gasteiger charge is -2.12. The molecule has 1 aliphatic rings. The summed E-state index contributed by atoms with van der Waals surface area (Å²) in [5.41, 5.74) is 13.0. The summed E-state index contributed by atoms with van der Waals surface area (Å²) in [5.74, 6) is 0. The first-order chi connectivity index (χ1) is 20.3. The average Bonchev–Trinajstić information content (AvgIpc) is 3.70. The summed E-state index contributed by atoms with van der Waals surface area (Å²) < 4.78 is 4.64. The monoisotopic (exact) mass is 523 g/mol. The molecule has 0 amide bonds. The molecule has 0 saturated carbocycles. The Morgan fingerprint density at radius 1 is 0.585 bits per heavy atom. The van der Waals surface area contributed by atoms with E-state index in [1.54, 1.807) is 0 Å². The molecule has 190 valence electrons. The second kappa shape index (κ2) is 7.55. The summed E-state index contributed by atoms with van der Waals surface area (Å²) in [6.07, 6.45) is 8.47. The minimum absolute atomic E-state index is 0.903. The quantitative estimate of drug-likeness (QED) is 0.204. The molecule has 0 spiro atoms. The second-order valence-electron chi connectivity index (χ2n) is 10.9. The van der Waals surface area contributed by atoms with Crippen LogP contribution in [0.15, 0.2) is 116 Å². The van der Waals surface area contributed by atoms with E-state index in [1.807, 2.05) is 30.9 Å². The maximum Gasteiger partial charge on any atom is 0.146 e. The molecule has 5 nitrogen and oxygen atoms in total. The molecular formula is C36H21N5. The van der Waals surface area contributed by atoms with E-state index >= 15 is 0 Å². The predicted octanol–water partition coefficient (Wildman–Crippen LogP) is 8.25. The molecule has 0 saturated heterocycles. The van der Waals surface area contributed by atoms with Crippen LogP contribution >= 0.6 is 0 Å². The highest BCUT2D eigenvalue weighted by molar-refractivity contribution is 6.20. The Hall–Kier alpha value is -5.55. The van der Waals surface area contributed by atoms with Crippen molar-refractivity contribution < 1.29 is 0 Å². The number of benzene rings is 4. The van der Waals surface area contributed by atoms with Gasteiger partial charge in [-0.25, -0.2) is 4.98 Å². The van der Waals surface area contributed by atoms with E-state index in [9.17, 15) is 0 Å². The Labute approximate surface area is 234 Å². The third-order valence-electron chi connectivity index (χ3n) is 8.86. The van der Waals surface area contributed by atoms with Gasteiger partial charge in [0.25, 0.3) is 0 Å². The summed E-state index contributed by atoms with van der Waals surface area (Å²) in [5, 5.41) is 6.05. The molecule has 4 aromatic carbocycles. The van der Waals surface area contributed by atoms with Crippen molar-refractivity contribution in [3.63, 3.8) is 0 Å². The maximum atomic E-state index is 5.10. The molecule has 9 aromatic rings. The van der Waals surface area contributed by atoms with Crippen LogP contribution in [0.1, 0.15) is 11.1 Å². The van der Waals surface area contributed by atoms with Crippen LogP contribution in [0.2, 0.25) is 0 Å². The first kappa shape index (κ1) is 21.3. The number of hydrogen-bond acceptors (Lipinski definition) is 3. The third kappa shape index (κ3) is 2.68. The molecule has 41 heavy (non-hydrogen) atoms. The Morgan fingerprint density at radius 2 is 1.44 bits per heavy atom. The molecule has 0 fully saturated rings. The van der Waals surface area contributed by atoms with E-state index in [4.69, 9.17) is 4.98 Å². The van der Waals surface area contributed by atoms with Crippen LogP contribution in [0.5, 0.6) is 0 Å². The fourth-order valence-corrected chi connectivity index (χ4v) is 7.19. The zero-order chi connectivity index (χ0) is 26.7. The van der Waals surface area contributed by atoms with Gasteiger partial charge in [-0.3, -0.25) is 14.4 Å². The normalized spacial score (nSPS) is 12.8. The predicted molar refractivity (Wildman–Crippen MR) is 166 cm³/mol. The van der Waals surface area contributed by atoms with Crippen molar-refractivity contribution in [3.8, 4) is 16.8 Å². The highest BCUT2D eigenvalue weighted by Crippen LogP contribution is 2.48. The molecule has 0 bridgehead atoms. The molecule has 0 N–H and O–H groups in total. The van der Waals surface area contributed by atoms with Crippen LogP contribution in [0.25, 0.3) is 77.0 Å². The molecule has 5 heterocycles. The maximum absolute atomic E-state index is 5.10. The minimum Gasteiger partial charge on any atom is -0.309 e. The molecule has 0 atom stereocenters. The van der Waals surface area contributed by atoms with Crippen LogP contribution < -0.4 is 0 Å². The first-order valence-corrected chi connectivity index (χ1v) is 13.9. The average molecular weight is 524 g/mol. The van der Waals surface area contributed by atoms with Crippen molar-refractivity contribution in [2.45, 2.75) is 6.42 Å². The van der Waals surface area contributed by atoms with Gasteiger partial charge in [0.15, 0.2) is 0 Å². The molecule has 0 unspecified atom stereocenters. The SMILES string of the molecule is c1ccc(-n2c3ccccc3c3c4c(ccc32)Cc2cc3c(cc2-4)c2cnccc2n2c4cnccc4nc32)cc1. The Bertz CT molecular complexity index is 2550. The summed E-state index contributed by atoms with van der Waals surface area (Å²) >= 11 is 0. The van der Waals surface area contributed by atoms with Crippen LogP contribution in [0.3, 0.4) is 0 Å². The molecule has 5 heteroatoms. The van der Waals surface area contributed by atoms with Crippen molar-refractivity contribution in [2.75, 3.05) is 0 Å². The van der Waals surface area contributed by atoms with Gasteiger partial charge in [-0.1, -0.05) is 42.5 Å². The Morgan fingerprint density at radius 3 is 2.39 bits per heavy atom. The van der Waals surface area contributed by atoms with Gasteiger partial charge in [0.05, 0.1) is 33.8 Å². The molecule has 0 radical (unpaired) electrons. The Balaban J connectivity index is 1.36. The number of nitrogens with zero attached hydrogens (tertiary/aromatic N) is 5. The molecule has 5 aromatic heterocycles. The van der Waals surface area contributed by atoms with Gasteiger partial charge < -0.3 is 4.57 Å². The van der Waals surface area contributed by atoms with Gasteiger partial charge in [-0.05, 0) is 82.6 Å². The summed E-state index contributed by atoms with van der Waals surface area (Å²) in [7, 11) is 0. The summed E-state index contributed by atoms with van der Waals surface area (Å²) in [6, 6.07) is 32.9. The fourth-order valence-electron chi connectivity index (χ4n) is 7.19.